The first-order valence-electron chi connectivity index (χ1n) is 19.6. The van der Waals surface area contributed by atoms with Crippen LogP contribution in [0.5, 0.6) is 0 Å². The zero-order valence-electron chi connectivity index (χ0n) is 31.0. The van der Waals surface area contributed by atoms with Gasteiger partial charge in [-0.05, 0) is 51.4 Å². The van der Waals surface area contributed by atoms with Gasteiger partial charge in [0.2, 0.25) is 5.91 Å². The number of phosphoric acid groups is 1. The van der Waals surface area contributed by atoms with Crippen molar-refractivity contribution in [1.29, 1.82) is 0 Å². The summed E-state index contributed by atoms with van der Waals surface area (Å²) in [6.07, 6.45) is 40.6. The van der Waals surface area contributed by atoms with E-state index in [1.807, 2.05) is 6.08 Å². The molecule has 0 fully saturated rings. The van der Waals surface area contributed by atoms with Gasteiger partial charge in [-0.2, -0.15) is 0 Å². The number of nitrogens with one attached hydrogen (secondary N) is 1. The average Bonchev–Trinajstić information content (AvgIpc) is 3.07. The predicted octanol–water partition coefficient (Wildman–Crippen LogP) is 10.4. The zero-order chi connectivity index (χ0) is 35.4. The van der Waals surface area contributed by atoms with Gasteiger partial charge in [0, 0.05) is 13.0 Å². The van der Waals surface area contributed by atoms with Crippen LogP contribution in [-0.2, 0) is 18.4 Å². The monoisotopic (exact) mass is 699 g/mol. The molecule has 0 radical (unpaired) electrons. The summed E-state index contributed by atoms with van der Waals surface area (Å²) in [6.45, 7) is 4.06. The van der Waals surface area contributed by atoms with Crippen LogP contribution in [0, 0.1) is 0 Å². The average molecular weight is 699 g/mol. The molecule has 0 aromatic rings. The van der Waals surface area contributed by atoms with E-state index in [1.165, 1.54) is 109 Å². The molecule has 5 N–H and O–H groups in total. The summed E-state index contributed by atoms with van der Waals surface area (Å²) >= 11 is 0. The highest BCUT2D eigenvalue weighted by molar-refractivity contribution is 7.47. The molecule has 0 aromatic carbocycles. The lowest BCUT2D eigenvalue weighted by Gasteiger charge is -2.23. The first-order valence-corrected chi connectivity index (χ1v) is 21.1. The lowest BCUT2D eigenvalue weighted by Crippen LogP contribution is -2.45. The van der Waals surface area contributed by atoms with E-state index in [0.717, 1.165) is 44.9 Å². The van der Waals surface area contributed by atoms with Gasteiger partial charge in [0.25, 0.3) is 0 Å². The fraction of sp³-hybridized carbons (Fsp3) is 0.821. The Morgan fingerprint density at radius 3 is 1.65 bits per heavy atom. The van der Waals surface area contributed by atoms with E-state index in [1.54, 1.807) is 6.08 Å². The minimum Gasteiger partial charge on any atom is -0.387 e. The van der Waals surface area contributed by atoms with Gasteiger partial charge in [-0.15, -0.1) is 0 Å². The van der Waals surface area contributed by atoms with E-state index in [0.29, 0.717) is 6.42 Å². The van der Waals surface area contributed by atoms with Crippen molar-refractivity contribution in [3.8, 4) is 0 Å². The summed E-state index contributed by atoms with van der Waals surface area (Å²) in [6, 6.07) is -0.859. The third kappa shape index (κ3) is 33.2. The van der Waals surface area contributed by atoms with E-state index in [-0.39, 0.29) is 25.7 Å². The molecular formula is C39H75N2O6P. The van der Waals surface area contributed by atoms with Gasteiger partial charge in [0.05, 0.1) is 25.4 Å². The van der Waals surface area contributed by atoms with Crippen molar-refractivity contribution >= 4 is 13.7 Å². The number of hydrogen-bond donors (Lipinski definition) is 4. The van der Waals surface area contributed by atoms with Gasteiger partial charge in [-0.3, -0.25) is 13.8 Å². The zero-order valence-corrected chi connectivity index (χ0v) is 31.9. The van der Waals surface area contributed by atoms with Crippen LogP contribution >= 0.6 is 7.82 Å². The Morgan fingerprint density at radius 2 is 1.15 bits per heavy atom. The van der Waals surface area contributed by atoms with Crippen molar-refractivity contribution in [3.05, 3.63) is 36.5 Å². The number of amides is 1. The molecule has 3 atom stereocenters. The Bertz CT molecular complexity index is 850. The summed E-state index contributed by atoms with van der Waals surface area (Å²) < 4.78 is 22.0. The molecule has 9 heteroatoms. The maximum atomic E-state index is 12.7. The molecule has 0 bridgehead atoms. The fourth-order valence-electron chi connectivity index (χ4n) is 5.45. The first kappa shape index (κ1) is 46.7. The molecule has 282 valence electrons. The topological polar surface area (TPSA) is 131 Å². The van der Waals surface area contributed by atoms with Crippen LogP contribution in [0.1, 0.15) is 174 Å². The van der Waals surface area contributed by atoms with Crippen LogP contribution in [-0.4, -0.2) is 47.8 Å². The molecule has 0 saturated carbocycles. The third-order valence-electron chi connectivity index (χ3n) is 8.46. The van der Waals surface area contributed by atoms with E-state index in [9.17, 15) is 19.4 Å². The molecule has 0 aliphatic carbocycles. The molecule has 3 unspecified atom stereocenters. The SMILES string of the molecule is CCCCCCC/C=C\C/C=C\CCCCCCCCCCCC(=O)NC(COP(=O)(O)OCCN)C(O)/C=C/CCCCCCCC. The number of allylic oxidation sites excluding steroid dienone is 5. The Labute approximate surface area is 295 Å². The maximum Gasteiger partial charge on any atom is 0.472 e. The molecule has 0 spiro atoms. The van der Waals surface area contributed by atoms with E-state index >= 15 is 0 Å². The minimum atomic E-state index is -4.33. The number of unbranched alkanes of at least 4 members (excludes halogenated alkanes) is 20. The van der Waals surface area contributed by atoms with Crippen LogP contribution in [0.25, 0.3) is 0 Å². The second-order valence-corrected chi connectivity index (χ2v) is 14.6. The van der Waals surface area contributed by atoms with Crippen LogP contribution in [0.15, 0.2) is 36.5 Å². The summed E-state index contributed by atoms with van der Waals surface area (Å²) in [5, 5.41) is 13.5. The number of hydrogen-bond acceptors (Lipinski definition) is 6. The highest BCUT2D eigenvalue weighted by Gasteiger charge is 2.26. The number of aliphatic hydroxyl groups excluding tert-OH is 1. The van der Waals surface area contributed by atoms with E-state index < -0.39 is 20.0 Å². The smallest absolute Gasteiger partial charge is 0.387 e. The highest BCUT2D eigenvalue weighted by Crippen LogP contribution is 2.43. The summed E-state index contributed by atoms with van der Waals surface area (Å²) in [5.41, 5.74) is 5.34. The molecule has 0 aliphatic heterocycles. The molecular weight excluding hydrogens is 623 g/mol. The van der Waals surface area contributed by atoms with Crippen LogP contribution in [0.2, 0.25) is 0 Å². The van der Waals surface area contributed by atoms with Gasteiger partial charge in [0.15, 0.2) is 0 Å². The molecule has 48 heavy (non-hydrogen) atoms. The quantitative estimate of drug-likeness (QED) is 0.0291. The third-order valence-corrected chi connectivity index (χ3v) is 9.44. The standard InChI is InChI=1S/C39H75N2O6P/c1-3-5-7-9-11-13-14-15-16-17-18-19-20-21-22-23-24-25-27-29-31-33-39(43)41-37(36-47-48(44,45)46-35-34-40)38(42)32-30-28-26-12-10-8-6-4-2/h14-15,17-18,30,32,37-38,42H,3-13,16,19-29,31,33-36,40H2,1-2H3,(H,41,43)(H,44,45)/b15-14-,18-17-,32-30+. The number of carbonyl (C=O) groups excluding carboxylic acids is 1. The predicted molar refractivity (Wildman–Crippen MR) is 203 cm³/mol. The molecule has 0 aromatic heterocycles. The first-order chi connectivity index (χ1) is 23.4. The highest BCUT2D eigenvalue weighted by atomic mass is 31.2. The van der Waals surface area contributed by atoms with Gasteiger partial charge in [-0.1, -0.05) is 153 Å². The number of phosphoric ester groups is 1. The Hall–Kier alpha value is -1.28. The normalized spacial score (nSPS) is 14.7. The largest absolute Gasteiger partial charge is 0.472 e. The Morgan fingerprint density at radius 1 is 0.688 bits per heavy atom. The summed E-state index contributed by atoms with van der Waals surface area (Å²) in [7, 11) is -4.33. The second kappa shape index (κ2) is 35.5. The van der Waals surface area contributed by atoms with Crippen molar-refractivity contribution in [3.63, 3.8) is 0 Å². The van der Waals surface area contributed by atoms with Crippen LogP contribution in [0.3, 0.4) is 0 Å². The molecule has 8 nitrogen and oxygen atoms in total. The number of aliphatic hydroxyl groups is 1. The fourth-order valence-corrected chi connectivity index (χ4v) is 6.21. The van der Waals surface area contributed by atoms with Crippen molar-refractivity contribution in [2.45, 2.75) is 187 Å². The van der Waals surface area contributed by atoms with Gasteiger partial charge < -0.3 is 21.1 Å². The molecule has 0 rings (SSSR count). The number of carbonyl (C=O) groups is 1. The second-order valence-electron chi connectivity index (χ2n) is 13.1. The van der Waals surface area contributed by atoms with Crippen LogP contribution in [0.4, 0.5) is 0 Å². The van der Waals surface area contributed by atoms with Crippen LogP contribution < -0.4 is 11.1 Å². The van der Waals surface area contributed by atoms with E-state index in [2.05, 4.69) is 43.5 Å². The van der Waals surface area contributed by atoms with Crippen molar-refractivity contribution in [2.24, 2.45) is 5.73 Å². The summed E-state index contributed by atoms with van der Waals surface area (Å²) in [5.74, 6) is -0.203. The maximum absolute atomic E-state index is 12.7. The molecule has 1 amide bonds. The van der Waals surface area contributed by atoms with Gasteiger partial charge in [0.1, 0.15) is 0 Å². The molecule has 0 aliphatic rings. The number of nitrogens with two attached hydrogens (primary N) is 1. The molecule has 0 heterocycles. The lowest BCUT2D eigenvalue weighted by molar-refractivity contribution is -0.123. The van der Waals surface area contributed by atoms with Gasteiger partial charge >= 0.3 is 7.82 Å². The van der Waals surface area contributed by atoms with Gasteiger partial charge in [-0.25, -0.2) is 4.57 Å². The van der Waals surface area contributed by atoms with Crippen molar-refractivity contribution in [2.75, 3.05) is 19.8 Å². The van der Waals surface area contributed by atoms with Crippen molar-refractivity contribution in [1.82, 2.24) is 5.32 Å². The molecule has 0 saturated heterocycles. The Balaban J connectivity index is 4.12. The lowest BCUT2D eigenvalue weighted by atomic mass is 10.0. The number of rotatable bonds is 36. The Kier molecular flexibility index (Phi) is 34.6. The minimum absolute atomic E-state index is 0.0769. The summed E-state index contributed by atoms with van der Waals surface area (Å²) in [4.78, 5) is 22.5. The van der Waals surface area contributed by atoms with E-state index in [4.69, 9.17) is 14.8 Å². The van der Waals surface area contributed by atoms with Crippen molar-refractivity contribution < 1.29 is 28.4 Å².